The third-order valence-electron chi connectivity index (χ3n) is 5.66. The molecule has 0 bridgehead atoms. The molecule has 6 heterocycles. The maximum Gasteiger partial charge on any atom is 0.231 e. The zero-order valence-corrected chi connectivity index (χ0v) is 17.1. The van der Waals surface area contributed by atoms with Gasteiger partial charge in [0.2, 0.25) is 6.79 Å². The quantitative estimate of drug-likeness (QED) is 0.426. The van der Waals surface area contributed by atoms with E-state index in [1.807, 2.05) is 48.5 Å². The Morgan fingerprint density at radius 3 is 2.79 bits per heavy atom. The number of pyridine rings is 3. The van der Waals surface area contributed by atoms with Gasteiger partial charge in [-0.3, -0.25) is 10.1 Å². The van der Waals surface area contributed by atoms with Crippen LogP contribution in [0.15, 0.2) is 67.1 Å². The third kappa shape index (κ3) is 2.83. The summed E-state index contributed by atoms with van der Waals surface area (Å²) in [6.45, 7) is 0.235. The number of aromatic nitrogens is 7. The van der Waals surface area contributed by atoms with E-state index in [-0.39, 0.29) is 6.79 Å². The lowest BCUT2D eigenvalue weighted by Crippen LogP contribution is -1.92. The van der Waals surface area contributed by atoms with Gasteiger partial charge in [-0.25, -0.2) is 15.0 Å². The number of nitrogens with zero attached hydrogens (tertiary/aromatic N) is 5. The second kappa shape index (κ2) is 6.86. The summed E-state index contributed by atoms with van der Waals surface area (Å²) in [5, 5.41) is 7.53. The number of benzene rings is 1. The van der Waals surface area contributed by atoms with Gasteiger partial charge in [0, 0.05) is 29.7 Å². The topological polar surface area (TPSA) is 114 Å². The first kappa shape index (κ1) is 17.8. The monoisotopic (exact) mass is 433 g/mol. The molecule has 33 heavy (non-hydrogen) atoms. The van der Waals surface area contributed by atoms with Crippen molar-refractivity contribution in [2.24, 2.45) is 0 Å². The summed E-state index contributed by atoms with van der Waals surface area (Å²) < 4.78 is 11.0. The normalized spacial score (nSPS) is 12.6. The van der Waals surface area contributed by atoms with Crippen LogP contribution in [0, 0.1) is 0 Å². The molecule has 7 rings (SSSR count). The number of fused-ring (bicyclic) bond motifs is 3. The van der Waals surface area contributed by atoms with Crippen molar-refractivity contribution in [2.45, 2.75) is 0 Å². The molecular weight excluding hydrogens is 418 g/mol. The average Bonchev–Trinajstić information content (AvgIpc) is 3.60. The molecule has 0 saturated carbocycles. The summed E-state index contributed by atoms with van der Waals surface area (Å²) in [5.41, 5.74) is 7.27. The first-order chi connectivity index (χ1) is 16.3. The van der Waals surface area contributed by atoms with Crippen molar-refractivity contribution in [3.63, 3.8) is 0 Å². The molecule has 0 fully saturated rings. The number of imidazole rings is 1. The molecule has 2 N–H and O–H groups in total. The van der Waals surface area contributed by atoms with Crippen LogP contribution < -0.4 is 9.47 Å². The molecule has 0 saturated heterocycles. The molecule has 1 aliphatic heterocycles. The van der Waals surface area contributed by atoms with E-state index >= 15 is 0 Å². The average molecular weight is 433 g/mol. The van der Waals surface area contributed by atoms with E-state index in [4.69, 9.17) is 19.4 Å². The lowest BCUT2D eigenvalue weighted by atomic mass is 10.1. The van der Waals surface area contributed by atoms with Crippen LogP contribution in [0.3, 0.4) is 0 Å². The van der Waals surface area contributed by atoms with Crippen LogP contribution >= 0.6 is 0 Å². The van der Waals surface area contributed by atoms with Gasteiger partial charge in [0.25, 0.3) is 0 Å². The number of rotatable bonds is 3. The van der Waals surface area contributed by atoms with E-state index in [2.05, 4.69) is 25.1 Å². The summed E-state index contributed by atoms with van der Waals surface area (Å²) in [5.74, 6) is 2.06. The van der Waals surface area contributed by atoms with Crippen LogP contribution in [0.5, 0.6) is 11.5 Å². The molecule has 0 aliphatic carbocycles. The largest absolute Gasteiger partial charge is 0.454 e. The van der Waals surface area contributed by atoms with Crippen LogP contribution in [0.2, 0.25) is 0 Å². The van der Waals surface area contributed by atoms with Gasteiger partial charge in [0.1, 0.15) is 5.52 Å². The summed E-state index contributed by atoms with van der Waals surface area (Å²) in [6.07, 6.45) is 5.27. The zero-order valence-electron chi connectivity index (χ0n) is 17.1. The highest BCUT2D eigenvalue weighted by atomic mass is 16.7. The fourth-order valence-corrected chi connectivity index (χ4v) is 4.07. The number of ether oxygens (including phenoxy) is 2. The Bertz CT molecular complexity index is 1660. The molecule has 6 aromatic rings. The van der Waals surface area contributed by atoms with Crippen molar-refractivity contribution in [2.75, 3.05) is 6.79 Å². The highest BCUT2D eigenvalue weighted by Gasteiger charge is 2.19. The lowest BCUT2D eigenvalue weighted by Gasteiger charge is -2.04. The van der Waals surface area contributed by atoms with E-state index in [1.165, 1.54) is 0 Å². The van der Waals surface area contributed by atoms with Crippen molar-refractivity contribution in [3.8, 4) is 45.4 Å². The summed E-state index contributed by atoms with van der Waals surface area (Å²) in [7, 11) is 0. The number of aromatic amines is 2. The first-order valence-electron chi connectivity index (χ1n) is 10.3. The zero-order chi connectivity index (χ0) is 21.8. The van der Waals surface area contributed by atoms with Gasteiger partial charge in [-0.2, -0.15) is 5.10 Å². The van der Waals surface area contributed by atoms with Gasteiger partial charge in [0.05, 0.1) is 16.7 Å². The predicted octanol–water partition coefficient (Wildman–Crippen LogP) is 4.35. The van der Waals surface area contributed by atoms with E-state index in [0.717, 1.165) is 50.4 Å². The van der Waals surface area contributed by atoms with Crippen molar-refractivity contribution in [1.29, 1.82) is 0 Å². The molecule has 0 radical (unpaired) electrons. The standard InChI is InChI=1S/C24H15N7O2/c1-2-14(11-25-8-1)16-4-5-17-21(27-16)22(31-30-17)24-28-20-15(7-9-26-23(20)29-24)13-3-6-18-19(10-13)33-12-32-18/h1-11H,12H2,(H,30,31)(H,26,28,29). The van der Waals surface area contributed by atoms with Crippen LogP contribution in [-0.4, -0.2) is 41.9 Å². The minimum absolute atomic E-state index is 0.235. The number of hydrogen-bond acceptors (Lipinski definition) is 7. The predicted molar refractivity (Wildman–Crippen MR) is 122 cm³/mol. The fourth-order valence-electron chi connectivity index (χ4n) is 4.07. The van der Waals surface area contributed by atoms with Gasteiger partial charge in [-0.15, -0.1) is 0 Å². The highest BCUT2D eigenvalue weighted by Crippen LogP contribution is 2.38. The van der Waals surface area contributed by atoms with Crippen LogP contribution in [0.25, 0.3) is 56.1 Å². The van der Waals surface area contributed by atoms with E-state index in [1.54, 1.807) is 18.6 Å². The van der Waals surface area contributed by atoms with Crippen LogP contribution in [0.1, 0.15) is 0 Å². The van der Waals surface area contributed by atoms with Crippen LogP contribution in [-0.2, 0) is 0 Å². The van der Waals surface area contributed by atoms with Crippen LogP contribution in [0.4, 0.5) is 0 Å². The third-order valence-corrected chi connectivity index (χ3v) is 5.66. The molecule has 9 nitrogen and oxygen atoms in total. The lowest BCUT2D eigenvalue weighted by molar-refractivity contribution is 0.174. The number of hydrogen-bond donors (Lipinski definition) is 2. The maximum atomic E-state index is 5.54. The van der Waals surface area contributed by atoms with Gasteiger partial charge >= 0.3 is 0 Å². The number of nitrogens with one attached hydrogen (secondary N) is 2. The van der Waals surface area contributed by atoms with Gasteiger partial charge < -0.3 is 14.5 Å². The Balaban J connectivity index is 1.37. The summed E-state index contributed by atoms with van der Waals surface area (Å²) >= 11 is 0. The van der Waals surface area contributed by atoms with Gasteiger partial charge in [-0.05, 0) is 48.0 Å². The SMILES string of the molecule is c1cncc(-c2ccc3[nH]nc(-c4nc5nccc(-c6ccc7c(c6)OCO7)c5[nH]4)c3n2)c1. The van der Waals surface area contributed by atoms with Crippen molar-refractivity contribution < 1.29 is 9.47 Å². The van der Waals surface area contributed by atoms with E-state index in [9.17, 15) is 0 Å². The molecule has 158 valence electrons. The molecule has 0 amide bonds. The van der Waals surface area contributed by atoms with Gasteiger partial charge in [0.15, 0.2) is 28.7 Å². The molecular formula is C24H15N7O2. The number of H-pyrrole nitrogens is 2. The summed E-state index contributed by atoms with van der Waals surface area (Å²) in [4.78, 5) is 21.6. The molecule has 1 aliphatic rings. The van der Waals surface area contributed by atoms with Gasteiger partial charge in [-0.1, -0.05) is 6.07 Å². The molecule has 1 aromatic carbocycles. The Labute approximate surface area is 186 Å². The Morgan fingerprint density at radius 2 is 1.85 bits per heavy atom. The highest BCUT2D eigenvalue weighted by molar-refractivity contribution is 5.95. The molecule has 5 aromatic heterocycles. The van der Waals surface area contributed by atoms with E-state index in [0.29, 0.717) is 17.2 Å². The molecule has 0 atom stereocenters. The molecule has 0 spiro atoms. The minimum Gasteiger partial charge on any atom is -0.454 e. The Hall–Kier alpha value is -4.79. The Kier molecular flexibility index (Phi) is 3.71. The Morgan fingerprint density at radius 1 is 0.879 bits per heavy atom. The van der Waals surface area contributed by atoms with E-state index < -0.39 is 0 Å². The minimum atomic E-state index is 0.235. The fraction of sp³-hybridized carbons (Fsp3) is 0.0417. The smallest absolute Gasteiger partial charge is 0.231 e. The van der Waals surface area contributed by atoms with Crippen molar-refractivity contribution in [3.05, 3.63) is 67.1 Å². The molecule has 0 unspecified atom stereocenters. The second-order valence-corrected chi connectivity index (χ2v) is 7.62. The maximum absolute atomic E-state index is 5.54. The van der Waals surface area contributed by atoms with Crippen molar-refractivity contribution >= 4 is 22.2 Å². The summed E-state index contributed by atoms with van der Waals surface area (Å²) in [6, 6.07) is 15.6. The molecule has 9 heteroatoms. The van der Waals surface area contributed by atoms with Crippen molar-refractivity contribution in [1.82, 2.24) is 35.1 Å². The second-order valence-electron chi connectivity index (χ2n) is 7.62. The first-order valence-corrected chi connectivity index (χ1v) is 10.3.